The molecule has 134 valence electrons. The molecule has 1 N–H and O–H groups in total. The van der Waals surface area contributed by atoms with Crippen LogP contribution in [0.5, 0.6) is 0 Å². The minimum Gasteiger partial charge on any atom is -0.380 e. The molecule has 0 amide bonds. The van der Waals surface area contributed by atoms with E-state index in [0.29, 0.717) is 23.1 Å². The van der Waals surface area contributed by atoms with Crippen molar-refractivity contribution >= 4 is 34.1 Å². The smallest absolute Gasteiger partial charge is 0.253 e. The second kappa shape index (κ2) is 8.11. The van der Waals surface area contributed by atoms with Crippen LogP contribution < -0.4 is 0 Å². The van der Waals surface area contributed by atoms with Crippen molar-refractivity contribution in [3.8, 4) is 0 Å². The van der Waals surface area contributed by atoms with Gasteiger partial charge in [0.15, 0.2) is 5.78 Å². The number of benzene rings is 2. The number of allylic oxidation sites excluding steroid dienone is 5. The van der Waals surface area contributed by atoms with Gasteiger partial charge < -0.3 is 5.11 Å². The van der Waals surface area contributed by atoms with E-state index < -0.39 is 17.1 Å². The average molecular weight is 379 g/mol. The number of rotatable bonds is 5. The van der Waals surface area contributed by atoms with Crippen molar-refractivity contribution in [3.05, 3.63) is 94.6 Å². The largest absolute Gasteiger partial charge is 0.380 e. The lowest BCUT2D eigenvalue weighted by atomic mass is 9.91. The van der Waals surface area contributed by atoms with Crippen molar-refractivity contribution in [1.82, 2.24) is 0 Å². The summed E-state index contributed by atoms with van der Waals surface area (Å²) in [6.07, 6.45) is 4.27. The highest BCUT2D eigenvalue weighted by molar-refractivity contribution is 6.68. The van der Waals surface area contributed by atoms with E-state index in [9.17, 15) is 19.5 Å². The van der Waals surface area contributed by atoms with Gasteiger partial charge in [-0.25, -0.2) is 4.79 Å². The van der Waals surface area contributed by atoms with Gasteiger partial charge in [-0.15, -0.1) is 0 Å². The number of hydrogen-bond donors (Lipinski definition) is 1. The number of carbonyl (C=O) groups is 2. The molecule has 0 radical (unpaired) electrons. The van der Waals surface area contributed by atoms with Gasteiger partial charge in [-0.3, -0.25) is 9.59 Å². The number of hydrogen-bond acceptors (Lipinski definition) is 4. The summed E-state index contributed by atoms with van der Waals surface area (Å²) in [7, 11) is 0. The van der Waals surface area contributed by atoms with Gasteiger partial charge in [0, 0.05) is 23.1 Å². The molecule has 0 saturated carbocycles. The van der Waals surface area contributed by atoms with Gasteiger partial charge >= 0.3 is 0 Å². The van der Waals surface area contributed by atoms with E-state index in [1.54, 1.807) is 48.6 Å². The van der Waals surface area contributed by atoms with E-state index in [2.05, 4.69) is 0 Å². The maximum atomic E-state index is 12.7. The van der Waals surface area contributed by atoms with Crippen LogP contribution in [0.2, 0.25) is 0 Å². The highest BCUT2D eigenvalue weighted by Gasteiger charge is 2.24. The Balaban J connectivity index is 1.97. The van der Waals surface area contributed by atoms with Crippen LogP contribution in [-0.4, -0.2) is 22.1 Å². The number of aliphatic hydroxyl groups excluding tert-OH is 1. The Hall–Kier alpha value is -3.04. The average Bonchev–Trinajstić information content (AvgIpc) is 2.73. The Morgan fingerprint density at radius 2 is 1.78 bits per heavy atom. The summed E-state index contributed by atoms with van der Waals surface area (Å²) in [6.45, 7) is 0. The second-order valence-electron chi connectivity index (χ2n) is 6.04. The van der Waals surface area contributed by atoms with Crippen molar-refractivity contribution in [2.45, 2.75) is 12.5 Å². The van der Waals surface area contributed by atoms with Crippen LogP contribution in [0, 0.1) is 0 Å². The van der Waals surface area contributed by atoms with Crippen LogP contribution in [0.25, 0.3) is 5.57 Å². The Bertz CT molecular complexity index is 1010. The van der Waals surface area contributed by atoms with Crippen molar-refractivity contribution in [3.63, 3.8) is 0 Å². The molecule has 0 saturated heterocycles. The molecule has 2 aromatic carbocycles. The molecule has 0 bridgehead atoms. The van der Waals surface area contributed by atoms with Crippen molar-refractivity contribution in [2.75, 3.05) is 0 Å². The Morgan fingerprint density at radius 1 is 1.04 bits per heavy atom. The molecular formula is C22H15ClO4. The quantitative estimate of drug-likeness (QED) is 0.483. The fourth-order valence-electron chi connectivity index (χ4n) is 2.87. The van der Waals surface area contributed by atoms with Gasteiger partial charge in [0.05, 0.1) is 0 Å². The minimum absolute atomic E-state index is 0.0279. The zero-order valence-electron chi connectivity index (χ0n) is 14.2. The predicted molar refractivity (Wildman–Crippen MR) is 103 cm³/mol. The van der Waals surface area contributed by atoms with Gasteiger partial charge in [0.2, 0.25) is 0 Å². The first-order chi connectivity index (χ1) is 13.0. The zero-order chi connectivity index (χ0) is 19.4. The van der Waals surface area contributed by atoms with Crippen LogP contribution in [0.4, 0.5) is 0 Å². The first-order valence-corrected chi connectivity index (χ1v) is 8.62. The third-order valence-electron chi connectivity index (χ3n) is 4.33. The summed E-state index contributed by atoms with van der Waals surface area (Å²) in [6, 6.07) is 13.2. The van der Waals surface area contributed by atoms with Gasteiger partial charge in [0.1, 0.15) is 12.0 Å². The number of ketones is 1. The van der Waals surface area contributed by atoms with Crippen molar-refractivity contribution in [2.24, 2.45) is 0 Å². The molecule has 1 unspecified atom stereocenters. The molecule has 0 heterocycles. The number of halogens is 1. The monoisotopic (exact) mass is 378 g/mol. The minimum atomic E-state index is -1.39. The summed E-state index contributed by atoms with van der Waals surface area (Å²) in [5.74, 6) is 1.24. The molecule has 5 heteroatoms. The highest BCUT2D eigenvalue weighted by Crippen LogP contribution is 2.28. The van der Waals surface area contributed by atoms with E-state index in [-0.39, 0.29) is 11.1 Å². The Kier molecular flexibility index (Phi) is 5.63. The highest BCUT2D eigenvalue weighted by atomic mass is 35.5. The molecule has 0 fully saturated rings. The van der Waals surface area contributed by atoms with Crippen molar-refractivity contribution < 1.29 is 19.5 Å². The van der Waals surface area contributed by atoms with Crippen LogP contribution >= 0.6 is 11.6 Å². The number of Topliss-reactive ketones (excluding diaryl/α,β-unsaturated/α-hetero) is 1. The lowest BCUT2D eigenvalue weighted by Crippen LogP contribution is -2.15. The fraction of sp³-hybridized carbons (Fsp3) is 0.0909. The third kappa shape index (κ3) is 4.04. The zero-order valence-corrected chi connectivity index (χ0v) is 14.9. The first kappa shape index (κ1) is 18.7. The lowest BCUT2D eigenvalue weighted by molar-refractivity contribution is 0.0744. The van der Waals surface area contributed by atoms with Gasteiger partial charge in [-0.2, -0.15) is 0 Å². The van der Waals surface area contributed by atoms with Gasteiger partial charge in [-0.1, -0.05) is 48.6 Å². The molecule has 0 aromatic heterocycles. The van der Waals surface area contributed by atoms with Crippen LogP contribution in [0.3, 0.4) is 0 Å². The van der Waals surface area contributed by atoms with E-state index in [0.717, 1.165) is 5.57 Å². The molecule has 3 rings (SSSR count). The molecule has 2 aromatic rings. The van der Waals surface area contributed by atoms with E-state index >= 15 is 0 Å². The lowest BCUT2D eigenvalue weighted by Gasteiger charge is -2.14. The summed E-state index contributed by atoms with van der Waals surface area (Å²) in [5.41, 5.74) is 2.54. The maximum absolute atomic E-state index is 12.7. The summed E-state index contributed by atoms with van der Waals surface area (Å²) in [4.78, 5) is 35.3. The first-order valence-electron chi connectivity index (χ1n) is 8.25. The van der Waals surface area contributed by atoms with Gasteiger partial charge in [-0.05, 0) is 46.5 Å². The predicted octanol–water partition coefficient (Wildman–Crippen LogP) is 4.08. The molecule has 0 spiro atoms. The van der Waals surface area contributed by atoms with E-state index in [1.807, 2.05) is 12.0 Å². The summed E-state index contributed by atoms with van der Waals surface area (Å²) < 4.78 is 0. The Labute approximate surface area is 161 Å². The van der Waals surface area contributed by atoms with Crippen LogP contribution in [-0.2, 0) is 4.79 Å². The summed E-state index contributed by atoms with van der Waals surface area (Å²) in [5, 5.41) is 9.57. The van der Waals surface area contributed by atoms with Gasteiger partial charge in [0.25, 0.3) is 5.24 Å². The molecular weight excluding hydrogens is 364 g/mol. The standard InChI is InChI=1S/C22H15ClO4/c23-22(27)19-12-17(15-8-6-14(13-24)7-9-15)10-11-18(19)21(26)20(25)16-4-2-1-3-5-16/h1-6,8-12,20,25H,7H2. The second-order valence-corrected chi connectivity index (χ2v) is 6.38. The van der Waals surface area contributed by atoms with Crippen LogP contribution in [0.1, 0.15) is 44.4 Å². The fourth-order valence-corrected chi connectivity index (χ4v) is 3.03. The van der Waals surface area contributed by atoms with Crippen LogP contribution in [0.15, 0.2) is 72.3 Å². The van der Waals surface area contributed by atoms with E-state index in [4.69, 9.17) is 11.6 Å². The molecule has 0 aliphatic heterocycles. The normalized spacial score (nSPS) is 14.3. The topological polar surface area (TPSA) is 71.4 Å². The number of carbonyl (C=O) groups excluding carboxylic acids is 3. The molecule has 1 aliphatic carbocycles. The SMILES string of the molecule is O=C=C1C=CC(c2ccc(C(=O)C(O)c3ccccc3)c(C(=O)Cl)c2)=CC1. The molecule has 1 aliphatic rings. The Morgan fingerprint density at radius 3 is 2.37 bits per heavy atom. The summed E-state index contributed by atoms with van der Waals surface area (Å²) >= 11 is 5.69. The molecule has 4 nitrogen and oxygen atoms in total. The van der Waals surface area contributed by atoms with E-state index in [1.165, 1.54) is 12.1 Å². The molecule has 27 heavy (non-hydrogen) atoms. The number of aliphatic hydroxyl groups is 1. The third-order valence-corrected chi connectivity index (χ3v) is 4.53. The molecule has 1 atom stereocenters. The van der Waals surface area contributed by atoms with Crippen molar-refractivity contribution in [1.29, 1.82) is 0 Å². The maximum Gasteiger partial charge on any atom is 0.253 e.